The molecule has 2 aromatic carbocycles. The smallest absolute Gasteiger partial charge is 0.243 e. The average molecular weight is 461 g/mol. The van der Waals surface area contributed by atoms with Gasteiger partial charge in [-0.1, -0.05) is 49.6 Å². The summed E-state index contributed by atoms with van der Waals surface area (Å²) in [6, 6.07) is 13.7. The number of methoxy groups -OCH3 is 2. The summed E-state index contributed by atoms with van der Waals surface area (Å²) in [4.78, 5) is 13.0. The Morgan fingerprint density at radius 1 is 1.03 bits per heavy atom. The van der Waals surface area contributed by atoms with Crippen LogP contribution in [0.25, 0.3) is 0 Å². The molecule has 8 heteroatoms. The molecule has 7 nitrogen and oxygen atoms in total. The summed E-state index contributed by atoms with van der Waals surface area (Å²) < 4.78 is 39.2. The zero-order valence-corrected chi connectivity index (χ0v) is 19.7. The molecule has 0 heterocycles. The summed E-state index contributed by atoms with van der Waals surface area (Å²) in [5.41, 5.74) is 0.966. The highest BCUT2D eigenvalue weighted by Gasteiger charge is 2.34. The summed E-state index contributed by atoms with van der Waals surface area (Å²) in [5.74, 6) is 0.459. The number of ether oxygens (including phenoxy) is 2. The Labute approximate surface area is 190 Å². The van der Waals surface area contributed by atoms with E-state index in [0.29, 0.717) is 11.5 Å². The zero-order valence-electron chi connectivity index (χ0n) is 18.9. The topological polar surface area (TPSA) is 84.9 Å². The van der Waals surface area contributed by atoms with Gasteiger partial charge in [-0.3, -0.25) is 4.79 Å². The minimum atomic E-state index is -3.92. The first kappa shape index (κ1) is 24.1. The van der Waals surface area contributed by atoms with Crippen LogP contribution in [0.3, 0.4) is 0 Å². The third-order valence-corrected chi connectivity index (χ3v) is 7.81. The Morgan fingerprint density at radius 3 is 2.31 bits per heavy atom. The number of amides is 1. The second-order valence-electron chi connectivity index (χ2n) is 8.06. The molecule has 1 unspecified atom stereocenters. The van der Waals surface area contributed by atoms with Gasteiger partial charge in [-0.25, -0.2) is 8.42 Å². The van der Waals surface area contributed by atoms with Crippen molar-refractivity contribution in [3.05, 3.63) is 54.1 Å². The Balaban J connectivity index is 1.86. The molecule has 0 aliphatic heterocycles. The van der Waals surface area contributed by atoms with E-state index in [1.165, 1.54) is 30.7 Å². The number of nitrogens with zero attached hydrogens (tertiary/aromatic N) is 1. The fourth-order valence-corrected chi connectivity index (χ4v) is 5.80. The van der Waals surface area contributed by atoms with Gasteiger partial charge in [0.2, 0.25) is 15.9 Å². The quantitative estimate of drug-likeness (QED) is 0.613. The number of carbonyl (C=O) groups is 1. The average Bonchev–Trinajstić information content (AvgIpc) is 2.83. The Bertz CT molecular complexity index is 1000. The van der Waals surface area contributed by atoms with Crippen LogP contribution in [-0.4, -0.2) is 45.4 Å². The number of hydrogen-bond donors (Lipinski definition) is 1. The van der Waals surface area contributed by atoms with Gasteiger partial charge in [0.1, 0.15) is 0 Å². The lowest BCUT2D eigenvalue weighted by Gasteiger charge is -2.33. The van der Waals surface area contributed by atoms with Crippen LogP contribution in [0.1, 0.15) is 50.6 Å². The number of sulfonamides is 1. The van der Waals surface area contributed by atoms with Crippen molar-refractivity contribution in [1.82, 2.24) is 9.62 Å². The molecular formula is C24H32N2O5S. The highest BCUT2D eigenvalue weighted by Crippen LogP contribution is 2.33. The van der Waals surface area contributed by atoms with Gasteiger partial charge in [-0.05, 0) is 37.5 Å². The predicted octanol–water partition coefficient (Wildman–Crippen LogP) is 3.90. The van der Waals surface area contributed by atoms with E-state index in [0.717, 1.165) is 37.7 Å². The van der Waals surface area contributed by atoms with Crippen molar-refractivity contribution in [3.63, 3.8) is 0 Å². The molecule has 1 saturated carbocycles. The van der Waals surface area contributed by atoms with Crippen molar-refractivity contribution in [2.75, 3.05) is 20.8 Å². The minimum absolute atomic E-state index is 0.0876. The van der Waals surface area contributed by atoms with Crippen LogP contribution in [0, 0.1) is 0 Å². The molecule has 0 aromatic heterocycles. The van der Waals surface area contributed by atoms with E-state index in [9.17, 15) is 13.2 Å². The van der Waals surface area contributed by atoms with Crippen molar-refractivity contribution >= 4 is 15.9 Å². The van der Waals surface area contributed by atoms with Gasteiger partial charge < -0.3 is 14.8 Å². The largest absolute Gasteiger partial charge is 0.493 e. The minimum Gasteiger partial charge on any atom is -0.493 e. The van der Waals surface area contributed by atoms with Crippen LogP contribution in [0.4, 0.5) is 0 Å². The van der Waals surface area contributed by atoms with E-state index in [1.54, 1.807) is 6.07 Å². The normalized spacial score (nSPS) is 15.9. The maximum atomic E-state index is 13.6. The summed E-state index contributed by atoms with van der Waals surface area (Å²) in [5, 5.41) is 2.94. The highest BCUT2D eigenvalue weighted by atomic mass is 32.2. The van der Waals surface area contributed by atoms with Gasteiger partial charge in [0.25, 0.3) is 0 Å². The number of nitrogens with one attached hydrogen (secondary N) is 1. The SMILES string of the molecule is COc1ccc(S(=O)(=O)N(CC(=O)NC(C)c2ccccc2)C2CCCCC2)cc1OC. The van der Waals surface area contributed by atoms with Crippen LogP contribution in [0.15, 0.2) is 53.4 Å². The monoisotopic (exact) mass is 460 g/mol. The third kappa shape index (κ3) is 5.61. The van der Waals surface area contributed by atoms with Crippen LogP contribution in [0.2, 0.25) is 0 Å². The number of hydrogen-bond acceptors (Lipinski definition) is 5. The first-order valence-corrected chi connectivity index (χ1v) is 12.4. The Kier molecular flexibility index (Phi) is 8.15. The molecule has 1 fully saturated rings. The van der Waals surface area contributed by atoms with Crippen LogP contribution < -0.4 is 14.8 Å². The lowest BCUT2D eigenvalue weighted by atomic mass is 9.95. The van der Waals surface area contributed by atoms with E-state index in [1.807, 2.05) is 37.3 Å². The van der Waals surface area contributed by atoms with Crippen LogP contribution in [-0.2, 0) is 14.8 Å². The van der Waals surface area contributed by atoms with Crippen molar-refractivity contribution in [2.45, 2.75) is 56.0 Å². The molecule has 0 radical (unpaired) electrons. The third-order valence-electron chi connectivity index (χ3n) is 5.92. The zero-order chi connectivity index (χ0) is 23.1. The van der Waals surface area contributed by atoms with E-state index in [4.69, 9.17) is 9.47 Å². The Hall–Kier alpha value is -2.58. The second kappa shape index (κ2) is 10.8. The molecule has 0 spiro atoms. The number of benzene rings is 2. The predicted molar refractivity (Wildman–Crippen MR) is 123 cm³/mol. The first-order valence-electron chi connectivity index (χ1n) is 10.9. The molecule has 1 atom stereocenters. The molecule has 1 N–H and O–H groups in total. The molecule has 3 rings (SSSR count). The molecule has 1 amide bonds. The van der Waals surface area contributed by atoms with Crippen LogP contribution in [0.5, 0.6) is 11.5 Å². The van der Waals surface area contributed by atoms with Gasteiger partial charge >= 0.3 is 0 Å². The van der Waals surface area contributed by atoms with Gasteiger partial charge in [0, 0.05) is 12.1 Å². The fraction of sp³-hybridized carbons (Fsp3) is 0.458. The number of carbonyl (C=O) groups excluding carboxylic acids is 1. The van der Waals surface area contributed by atoms with E-state index in [2.05, 4.69) is 5.32 Å². The molecule has 0 saturated heterocycles. The van der Waals surface area contributed by atoms with Crippen molar-refractivity contribution < 1.29 is 22.7 Å². The van der Waals surface area contributed by atoms with Gasteiger partial charge in [0.15, 0.2) is 11.5 Å². The van der Waals surface area contributed by atoms with Crippen molar-refractivity contribution in [1.29, 1.82) is 0 Å². The summed E-state index contributed by atoms with van der Waals surface area (Å²) in [6.45, 7) is 1.67. The lowest BCUT2D eigenvalue weighted by Crippen LogP contribution is -2.47. The van der Waals surface area contributed by atoms with Gasteiger partial charge in [-0.2, -0.15) is 4.31 Å². The molecular weight excluding hydrogens is 428 g/mol. The highest BCUT2D eigenvalue weighted by molar-refractivity contribution is 7.89. The van der Waals surface area contributed by atoms with E-state index in [-0.39, 0.29) is 29.4 Å². The summed E-state index contributed by atoms with van der Waals surface area (Å²) >= 11 is 0. The van der Waals surface area contributed by atoms with Gasteiger partial charge in [0.05, 0.1) is 31.7 Å². The molecule has 32 heavy (non-hydrogen) atoms. The standard InChI is InChI=1S/C24H32N2O5S/c1-18(19-10-6-4-7-11-19)25-24(27)17-26(20-12-8-5-9-13-20)32(28,29)21-14-15-22(30-2)23(16-21)31-3/h4,6-7,10-11,14-16,18,20H,5,8-9,12-13,17H2,1-3H3,(H,25,27). The molecule has 174 valence electrons. The van der Waals surface area contributed by atoms with Crippen LogP contribution >= 0.6 is 0 Å². The maximum absolute atomic E-state index is 13.6. The lowest BCUT2D eigenvalue weighted by molar-refractivity contribution is -0.122. The van der Waals surface area contributed by atoms with Crippen molar-refractivity contribution in [3.8, 4) is 11.5 Å². The second-order valence-corrected chi connectivity index (χ2v) is 9.95. The first-order chi connectivity index (χ1) is 15.4. The maximum Gasteiger partial charge on any atom is 0.243 e. The molecule has 2 aromatic rings. The van der Waals surface area contributed by atoms with E-state index >= 15 is 0 Å². The Morgan fingerprint density at radius 2 is 1.69 bits per heavy atom. The molecule has 1 aliphatic rings. The summed E-state index contributed by atoms with van der Waals surface area (Å²) in [7, 11) is -0.954. The van der Waals surface area contributed by atoms with E-state index < -0.39 is 10.0 Å². The molecule has 0 bridgehead atoms. The van der Waals surface area contributed by atoms with Gasteiger partial charge in [-0.15, -0.1) is 0 Å². The molecule has 1 aliphatic carbocycles. The number of rotatable bonds is 9. The summed E-state index contributed by atoms with van der Waals surface area (Å²) in [6.07, 6.45) is 4.47. The fourth-order valence-electron chi connectivity index (χ4n) is 4.15. The van der Waals surface area contributed by atoms with Crippen molar-refractivity contribution in [2.24, 2.45) is 0 Å².